The van der Waals surface area contributed by atoms with Gasteiger partial charge in [0.2, 0.25) is 0 Å². The van der Waals surface area contributed by atoms with Gasteiger partial charge in [0, 0.05) is 54.3 Å². The second kappa shape index (κ2) is 8.25. The number of para-hydroxylation sites is 1. The average molecular weight is 458 g/mol. The molecule has 5 heterocycles. The van der Waals surface area contributed by atoms with Gasteiger partial charge in [-0.1, -0.05) is 25.1 Å². The van der Waals surface area contributed by atoms with Gasteiger partial charge in [0.1, 0.15) is 5.82 Å². The number of pyridine rings is 3. The van der Waals surface area contributed by atoms with E-state index in [1.807, 2.05) is 24.4 Å². The van der Waals surface area contributed by atoms with E-state index in [1.54, 1.807) is 10.6 Å². The van der Waals surface area contributed by atoms with Crippen LogP contribution in [0.15, 0.2) is 59.7 Å². The Kier molecular flexibility index (Phi) is 5.19. The third-order valence-electron chi connectivity index (χ3n) is 7.47. The topological polar surface area (TPSA) is 63.1 Å². The molecule has 0 saturated carbocycles. The normalized spacial score (nSPS) is 21.0. The summed E-state index contributed by atoms with van der Waals surface area (Å²) in [6.07, 6.45) is 5.33. The minimum Gasteiger partial charge on any atom is -0.310 e. The van der Waals surface area contributed by atoms with Gasteiger partial charge in [-0.15, -0.1) is 0 Å². The Bertz CT molecular complexity index is 1440. The molecule has 1 N–H and O–H groups in total. The number of rotatable bonds is 5. The zero-order chi connectivity index (χ0) is 23.3. The van der Waals surface area contributed by atoms with Gasteiger partial charge < -0.3 is 14.8 Å². The summed E-state index contributed by atoms with van der Waals surface area (Å²) in [6, 6.07) is 14.1. The second-order valence-electron chi connectivity index (χ2n) is 10.0. The highest BCUT2D eigenvalue weighted by Gasteiger charge is 2.41. The third kappa shape index (κ3) is 3.69. The van der Waals surface area contributed by atoms with Gasteiger partial charge >= 0.3 is 0 Å². The predicted molar refractivity (Wildman–Crippen MR) is 131 cm³/mol. The Morgan fingerprint density at radius 3 is 2.74 bits per heavy atom. The summed E-state index contributed by atoms with van der Waals surface area (Å²) >= 11 is 0. The molecule has 2 aliphatic rings. The Morgan fingerprint density at radius 1 is 1.09 bits per heavy atom. The highest BCUT2D eigenvalue weighted by atomic mass is 19.1. The van der Waals surface area contributed by atoms with Gasteiger partial charge in [0.15, 0.2) is 0 Å². The molecule has 1 aromatic carbocycles. The van der Waals surface area contributed by atoms with Crippen LogP contribution in [0, 0.1) is 5.82 Å². The molecule has 0 unspecified atom stereocenters. The molecule has 1 saturated heterocycles. The van der Waals surface area contributed by atoms with Gasteiger partial charge in [-0.05, 0) is 49.7 Å². The molecule has 7 heteroatoms. The lowest BCUT2D eigenvalue weighted by molar-refractivity contribution is 0.156. The fraction of sp³-hybridized carbons (Fsp3) is 0.370. The maximum absolute atomic E-state index is 14.9. The van der Waals surface area contributed by atoms with E-state index in [0.717, 1.165) is 44.5 Å². The molecule has 1 atom stereocenters. The number of halogens is 1. The Morgan fingerprint density at radius 2 is 1.88 bits per heavy atom. The van der Waals surface area contributed by atoms with E-state index in [4.69, 9.17) is 0 Å². The number of benzene rings is 1. The van der Waals surface area contributed by atoms with Crippen molar-refractivity contribution in [2.45, 2.75) is 44.3 Å². The average Bonchev–Trinajstić information content (AvgIpc) is 3.17. The predicted octanol–water partition coefficient (Wildman–Crippen LogP) is 3.61. The third-order valence-corrected chi connectivity index (χ3v) is 7.47. The molecule has 3 aromatic heterocycles. The molecule has 6 rings (SSSR count). The van der Waals surface area contributed by atoms with E-state index < -0.39 is 5.41 Å². The van der Waals surface area contributed by atoms with Crippen LogP contribution in [0.25, 0.3) is 21.9 Å². The number of hydrogen-bond acceptors (Lipinski definition) is 5. The van der Waals surface area contributed by atoms with Crippen molar-refractivity contribution in [3.63, 3.8) is 0 Å². The Labute approximate surface area is 197 Å². The minimum absolute atomic E-state index is 0.0871. The largest absolute Gasteiger partial charge is 0.310 e. The standard InChI is InChI=1S/C27H28FN5O/c1-27(17-33-24(34)7-6-23-26(33)25(27)21(28)15-31-23)16-32-10-8-20(9-11-32)29-13-18-12-19-4-2-3-5-22(19)30-14-18/h2-7,12,14-15,20,29H,8-11,13,16-17H2,1H3/t27-/m1/s1. The first-order chi connectivity index (χ1) is 16.5. The van der Waals surface area contributed by atoms with Crippen LogP contribution in [0.4, 0.5) is 4.39 Å². The fourth-order valence-electron chi connectivity index (χ4n) is 5.79. The number of hydrogen-bond donors (Lipinski definition) is 1. The zero-order valence-electron chi connectivity index (χ0n) is 19.3. The van der Waals surface area contributed by atoms with Crippen molar-refractivity contribution < 1.29 is 4.39 Å². The number of aromatic nitrogens is 3. The first-order valence-corrected chi connectivity index (χ1v) is 12.0. The second-order valence-corrected chi connectivity index (χ2v) is 10.0. The molecule has 174 valence electrons. The maximum atomic E-state index is 14.9. The molecule has 0 radical (unpaired) electrons. The summed E-state index contributed by atoms with van der Waals surface area (Å²) < 4.78 is 16.6. The van der Waals surface area contributed by atoms with Gasteiger partial charge in [0.05, 0.1) is 22.7 Å². The van der Waals surface area contributed by atoms with Crippen molar-refractivity contribution in [3.05, 3.63) is 82.2 Å². The van der Waals surface area contributed by atoms with Crippen LogP contribution in [0.3, 0.4) is 0 Å². The molecule has 0 spiro atoms. The van der Waals surface area contributed by atoms with Crippen LogP contribution in [0.1, 0.15) is 30.9 Å². The van der Waals surface area contributed by atoms with Crippen LogP contribution in [0.2, 0.25) is 0 Å². The number of fused-ring (bicyclic) bond motifs is 1. The molecule has 0 amide bonds. The van der Waals surface area contributed by atoms with Gasteiger partial charge in [-0.2, -0.15) is 0 Å². The molecule has 6 nitrogen and oxygen atoms in total. The molecular weight excluding hydrogens is 429 g/mol. The summed E-state index contributed by atoms with van der Waals surface area (Å²) in [6.45, 7) is 6.00. The molecule has 1 fully saturated rings. The molecule has 4 aromatic rings. The number of nitrogens with zero attached hydrogens (tertiary/aromatic N) is 4. The Balaban J connectivity index is 1.11. The van der Waals surface area contributed by atoms with E-state index in [1.165, 1.54) is 23.2 Å². The first kappa shape index (κ1) is 21.4. The lowest BCUT2D eigenvalue weighted by Crippen LogP contribution is -2.47. The molecule has 2 aliphatic heterocycles. The molecule has 0 aliphatic carbocycles. The van der Waals surface area contributed by atoms with Crippen molar-refractivity contribution in [2.24, 2.45) is 0 Å². The summed E-state index contributed by atoms with van der Waals surface area (Å²) in [5, 5.41) is 4.86. The zero-order valence-corrected chi connectivity index (χ0v) is 19.3. The summed E-state index contributed by atoms with van der Waals surface area (Å²) in [4.78, 5) is 23.7. The minimum atomic E-state index is -0.449. The maximum Gasteiger partial charge on any atom is 0.251 e. The van der Waals surface area contributed by atoms with E-state index >= 15 is 0 Å². The van der Waals surface area contributed by atoms with Crippen molar-refractivity contribution >= 4 is 21.9 Å². The molecular formula is C27H28FN5O. The number of nitrogens with one attached hydrogen (secondary N) is 1. The van der Waals surface area contributed by atoms with E-state index in [0.29, 0.717) is 29.2 Å². The van der Waals surface area contributed by atoms with Gasteiger partial charge in [-0.25, -0.2) is 4.39 Å². The molecule has 0 bridgehead atoms. The number of piperidine rings is 1. The monoisotopic (exact) mass is 457 g/mol. The van der Waals surface area contributed by atoms with Crippen molar-refractivity contribution in [3.8, 4) is 0 Å². The van der Waals surface area contributed by atoms with Crippen molar-refractivity contribution in [2.75, 3.05) is 19.6 Å². The van der Waals surface area contributed by atoms with Crippen molar-refractivity contribution in [1.82, 2.24) is 24.8 Å². The van der Waals surface area contributed by atoms with E-state index in [2.05, 4.69) is 39.2 Å². The highest BCUT2D eigenvalue weighted by Crippen LogP contribution is 2.39. The smallest absolute Gasteiger partial charge is 0.251 e. The fourth-order valence-corrected chi connectivity index (χ4v) is 5.79. The SMILES string of the molecule is C[C@@]1(CN2CCC(NCc3cnc4ccccc4c3)CC2)Cn2c(=O)ccc3ncc(F)c1c32. The highest BCUT2D eigenvalue weighted by molar-refractivity contribution is 5.81. The van der Waals surface area contributed by atoms with Gasteiger partial charge in [0.25, 0.3) is 5.56 Å². The van der Waals surface area contributed by atoms with Gasteiger partial charge in [-0.3, -0.25) is 14.8 Å². The van der Waals surface area contributed by atoms with Crippen molar-refractivity contribution in [1.29, 1.82) is 0 Å². The van der Waals surface area contributed by atoms with Crippen LogP contribution in [-0.4, -0.2) is 45.1 Å². The molecule has 34 heavy (non-hydrogen) atoms. The van der Waals surface area contributed by atoms with Crippen LogP contribution in [0.5, 0.6) is 0 Å². The summed E-state index contributed by atoms with van der Waals surface area (Å²) in [5.41, 5.74) is 3.67. The van der Waals surface area contributed by atoms with Crippen LogP contribution >= 0.6 is 0 Å². The Hall–Kier alpha value is -3.16. The van der Waals surface area contributed by atoms with E-state index in [9.17, 15) is 9.18 Å². The summed E-state index contributed by atoms with van der Waals surface area (Å²) in [5.74, 6) is -0.313. The van der Waals surface area contributed by atoms with Crippen LogP contribution < -0.4 is 10.9 Å². The number of likely N-dealkylation sites (tertiary alicyclic amines) is 1. The summed E-state index contributed by atoms with van der Waals surface area (Å²) in [7, 11) is 0. The quantitative estimate of drug-likeness (QED) is 0.496. The lowest BCUT2D eigenvalue weighted by atomic mass is 9.83. The first-order valence-electron chi connectivity index (χ1n) is 12.0. The lowest BCUT2D eigenvalue weighted by Gasteiger charge is -2.38. The van der Waals surface area contributed by atoms with Crippen LogP contribution in [-0.2, 0) is 18.5 Å². The van der Waals surface area contributed by atoms with E-state index in [-0.39, 0.29) is 11.4 Å².